The second-order valence-corrected chi connectivity index (χ2v) is 5.58. The lowest BCUT2D eigenvalue weighted by Gasteiger charge is -2.39. The Bertz CT molecular complexity index is 596. The summed E-state index contributed by atoms with van der Waals surface area (Å²) in [5.74, 6) is 0. The predicted molar refractivity (Wildman–Crippen MR) is 79.0 cm³/mol. The van der Waals surface area contributed by atoms with Crippen LogP contribution in [0.25, 0.3) is 11.3 Å². The minimum atomic E-state index is 0.260. The lowest BCUT2D eigenvalue weighted by Crippen LogP contribution is -2.54. The predicted octanol–water partition coefficient (Wildman–Crippen LogP) is 4.27. The number of hydrogen-bond acceptors (Lipinski definition) is 0. The van der Waals surface area contributed by atoms with Crippen LogP contribution in [0.4, 0.5) is 0 Å². The lowest BCUT2D eigenvalue weighted by atomic mass is 9.66. The highest BCUT2D eigenvalue weighted by Crippen LogP contribution is 2.46. The normalized spacial score (nSPS) is 19.6. The van der Waals surface area contributed by atoms with Crippen LogP contribution in [-0.4, -0.2) is 0 Å². The molecule has 0 saturated carbocycles. The highest BCUT2D eigenvalue weighted by Gasteiger charge is 2.47. The first kappa shape index (κ1) is 12.4. The standard InChI is InChI=1S/C18H22N/c1-4-18(5-2)14(3)19-13-9-8-12-17(19)15-10-6-7-11-16(15)18/h6-14H,4-5H2,1-3H3/q+1. The Morgan fingerprint density at radius 2 is 1.68 bits per heavy atom. The van der Waals surface area contributed by atoms with Crippen molar-refractivity contribution in [3.05, 3.63) is 54.2 Å². The van der Waals surface area contributed by atoms with E-state index in [1.807, 2.05) is 0 Å². The molecule has 0 fully saturated rings. The minimum Gasteiger partial charge on any atom is -0.195 e. The van der Waals surface area contributed by atoms with Crippen molar-refractivity contribution in [2.75, 3.05) is 0 Å². The molecule has 0 N–H and O–H groups in total. The Hall–Kier alpha value is -1.63. The van der Waals surface area contributed by atoms with Gasteiger partial charge in [0.1, 0.15) is 0 Å². The van der Waals surface area contributed by atoms with Crippen molar-refractivity contribution in [1.82, 2.24) is 0 Å². The number of hydrogen-bond donors (Lipinski definition) is 0. The summed E-state index contributed by atoms with van der Waals surface area (Å²) in [6, 6.07) is 16.0. The maximum absolute atomic E-state index is 2.45. The maximum atomic E-state index is 2.45. The molecule has 0 aliphatic carbocycles. The largest absolute Gasteiger partial charge is 0.213 e. The van der Waals surface area contributed by atoms with Crippen LogP contribution in [-0.2, 0) is 5.41 Å². The van der Waals surface area contributed by atoms with Gasteiger partial charge in [0.2, 0.25) is 5.69 Å². The van der Waals surface area contributed by atoms with Crippen molar-refractivity contribution in [2.24, 2.45) is 0 Å². The molecule has 0 saturated heterocycles. The molecule has 0 spiro atoms. The fraction of sp³-hybridized carbons (Fsp3) is 0.389. The van der Waals surface area contributed by atoms with Crippen molar-refractivity contribution in [3.8, 4) is 11.3 Å². The van der Waals surface area contributed by atoms with Crippen LogP contribution in [0.3, 0.4) is 0 Å². The van der Waals surface area contributed by atoms with Gasteiger partial charge < -0.3 is 0 Å². The molecule has 2 aromatic rings. The Balaban J connectivity index is 2.35. The van der Waals surface area contributed by atoms with Gasteiger partial charge in [0.05, 0.1) is 11.0 Å². The molecule has 19 heavy (non-hydrogen) atoms. The van der Waals surface area contributed by atoms with E-state index in [9.17, 15) is 0 Å². The van der Waals surface area contributed by atoms with E-state index in [4.69, 9.17) is 0 Å². The molecule has 2 heterocycles. The third-order valence-electron chi connectivity index (χ3n) is 5.11. The Labute approximate surface area is 115 Å². The SMILES string of the molecule is CCC1(CC)c2ccccc2-c2cccc[n+]2C1C. The Kier molecular flexibility index (Phi) is 2.93. The van der Waals surface area contributed by atoms with Crippen LogP contribution in [0.2, 0.25) is 0 Å². The topological polar surface area (TPSA) is 3.88 Å². The van der Waals surface area contributed by atoms with Gasteiger partial charge in [0.25, 0.3) is 0 Å². The summed E-state index contributed by atoms with van der Waals surface area (Å²) in [5, 5.41) is 0. The average molecular weight is 252 g/mol. The molecule has 3 rings (SSSR count). The van der Waals surface area contributed by atoms with E-state index in [1.54, 1.807) is 0 Å². The van der Waals surface area contributed by atoms with Crippen molar-refractivity contribution < 1.29 is 4.57 Å². The monoisotopic (exact) mass is 252 g/mol. The van der Waals surface area contributed by atoms with E-state index in [-0.39, 0.29) is 5.41 Å². The van der Waals surface area contributed by atoms with Crippen LogP contribution in [0.15, 0.2) is 48.7 Å². The summed E-state index contributed by atoms with van der Waals surface area (Å²) in [6.45, 7) is 7.02. The van der Waals surface area contributed by atoms with Crippen LogP contribution in [0.5, 0.6) is 0 Å². The fourth-order valence-corrected chi connectivity index (χ4v) is 3.88. The molecule has 0 bridgehead atoms. The van der Waals surface area contributed by atoms with Crippen molar-refractivity contribution >= 4 is 0 Å². The number of pyridine rings is 1. The van der Waals surface area contributed by atoms with Gasteiger partial charge >= 0.3 is 0 Å². The lowest BCUT2D eigenvalue weighted by molar-refractivity contribution is -0.721. The maximum Gasteiger partial charge on any atom is 0.213 e. The highest BCUT2D eigenvalue weighted by molar-refractivity contribution is 5.64. The van der Waals surface area contributed by atoms with Gasteiger partial charge in [0, 0.05) is 12.1 Å². The first-order valence-corrected chi connectivity index (χ1v) is 7.34. The van der Waals surface area contributed by atoms with E-state index >= 15 is 0 Å². The van der Waals surface area contributed by atoms with E-state index in [0.717, 1.165) is 0 Å². The second-order valence-electron chi connectivity index (χ2n) is 5.58. The van der Waals surface area contributed by atoms with E-state index in [0.29, 0.717) is 6.04 Å². The van der Waals surface area contributed by atoms with Crippen molar-refractivity contribution in [3.63, 3.8) is 0 Å². The number of nitrogens with zero attached hydrogens (tertiary/aromatic N) is 1. The zero-order chi connectivity index (χ0) is 13.5. The molecule has 1 nitrogen and oxygen atoms in total. The van der Waals surface area contributed by atoms with Gasteiger partial charge in [-0.3, -0.25) is 0 Å². The number of aromatic nitrogens is 1. The first-order valence-electron chi connectivity index (χ1n) is 7.34. The Morgan fingerprint density at radius 3 is 2.42 bits per heavy atom. The molecule has 1 heteroatoms. The summed E-state index contributed by atoms with van der Waals surface area (Å²) in [5.41, 5.74) is 4.54. The molecular formula is C18H22N+. The van der Waals surface area contributed by atoms with Gasteiger partial charge in [0.15, 0.2) is 12.2 Å². The van der Waals surface area contributed by atoms with Crippen LogP contribution >= 0.6 is 0 Å². The van der Waals surface area contributed by atoms with Gasteiger partial charge in [-0.2, -0.15) is 4.57 Å². The van der Waals surface area contributed by atoms with Crippen molar-refractivity contribution in [2.45, 2.75) is 45.1 Å². The van der Waals surface area contributed by atoms with Crippen LogP contribution in [0, 0.1) is 0 Å². The summed E-state index contributed by atoms with van der Waals surface area (Å²) < 4.78 is 2.45. The molecule has 1 aliphatic rings. The van der Waals surface area contributed by atoms with Gasteiger partial charge in [-0.05, 0) is 37.5 Å². The molecule has 1 atom stereocenters. The molecular weight excluding hydrogens is 230 g/mol. The fourth-order valence-electron chi connectivity index (χ4n) is 3.88. The van der Waals surface area contributed by atoms with Gasteiger partial charge in [-0.1, -0.05) is 32.0 Å². The van der Waals surface area contributed by atoms with Gasteiger partial charge in [-0.15, -0.1) is 0 Å². The minimum absolute atomic E-state index is 0.260. The first-order chi connectivity index (χ1) is 9.24. The summed E-state index contributed by atoms with van der Waals surface area (Å²) in [6.07, 6.45) is 4.60. The molecule has 0 amide bonds. The second kappa shape index (κ2) is 4.48. The van der Waals surface area contributed by atoms with E-state index < -0.39 is 0 Å². The third-order valence-corrected chi connectivity index (χ3v) is 5.11. The summed E-state index contributed by atoms with van der Waals surface area (Å²) in [7, 11) is 0. The van der Waals surface area contributed by atoms with Crippen LogP contribution < -0.4 is 4.57 Å². The smallest absolute Gasteiger partial charge is 0.195 e. The molecule has 1 aromatic carbocycles. The number of benzene rings is 1. The molecule has 98 valence electrons. The molecule has 1 unspecified atom stereocenters. The quantitative estimate of drug-likeness (QED) is 0.703. The summed E-state index contributed by atoms with van der Waals surface area (Å²) >= 11 is 0. The Morgan fingerprint density at radius 1 is 1.00 bits per heavy atom. The van der Waals surface area contributed by atoms with E-state index in [2.05, 4.69) is 74.0 Å². The highest BCUT2D eigenvalue weighted by atomic mass is 15.0. The third kappa shape index (κ3) is 1.57. The molecule has 0 radical (unpaired) electrons. The van der Waals surface area contributed by atoms with E-state index in [1.165, 1.54) is 29.7 Å². The van der Waals surface area contributed by atoms with Crippen LogP contribution in [0.1, 0.15) is 45.2 Å². The summed E-state index contributed by atoms with van der Waals surface area (Å²) in [4.78, 5) is 0. The zero-order valence-electron chi connectivity index (χ0n) is 12.1. The average Bonchev–Trinajstić information content (AvgIpc) is 2.49. The molecule has 1 aromatic heterocycles. The zero-order valence-corrected chi connectivity index (χ0v) is 12.1. The van der Waals surface area contributed by atoms with Gasteiger partial charge in [-0.25, -0.2) is 0 Å². The van der Waals surface area contributed by atoms with Crippen molar-refractivity contribution in [1.29, 1.82) is 0 Å². The number of fused-ring (bicyclic) bond motifs is 3. The molecule has 1 aliphatic heterocycles. The number of rotatable bonds is 2.